The monoisotopic (exact) mass is 501 g/mol. The van der Waals surface area contributed by atoms with Gasteiger partial charge in [-0.05, 0) is 44.4 Å². The van der Waals surface area contributed by atoms with Crippen LogP contribution in [-0.2, 0) is 26.2 Å². The molecular formula is C26H35N3O5S. The standard InChI is InChI=1S/C26H35N3O5S/c1-19-9-7-10-21(15-19)17-28(20(2)26(31)27-22-11-5-6-12-22)25(30)18-29(35(4,32)33)23-13-8-14-24(16-23)34-3/h7-10,13-16,20,22H,5-6,11-12,17-18H2,1-4H3,(H,27,31)/t20-/m0/s1. The minimum absolute atomic E-state index is 0.116. The van der Waals surface area contributed by atoms with Crippen LogP contribution in [0.4, 0.5) is 5.69 Å². The van der Waals surface area contributed by atoms with Crippen molar-refractivity contribution in [2.75, 3.05) is 24.2 Å². The molecule has 0 bridgehead atoms. The van der Waals surface area contributed by atoms with Gasteiger partial charge in [-0.25, -0.2) is 8.42 Å². The lowest BCUT2D eigenvalue weighted by Gasteiger charge is -2.32. The van der Waals surface area contributed by atoms with Crippen LogP contribution in [0.15, 0.2) is 48.5 Å². The summed E-state index contributed by atoms with van der Waals surface area (Å²) in [5.41, 5.74) is 2.22. The van der Waals surface area contributed by atoms with Crippen LogP contribution in [0.2, 0.25) is 0 Å². The molecule has 1 fully saturated rings. The van der Waals surface area contributed by atoms with E-state index in [9.17, 15) is 18.0 Å². The van der Waals surface area contributed by atoms with E-state index in [0.29, 0.717) is 11.4 Å². The quantitative estimate of drug-likeness (QED) is 0.539. The van der Waals surface area contributed by atoms with E-state index in [-0.39, 0.29) is 18.5 Å². The maximum atomic E-state index is 13.6. The Morgan fingerprint density at radius 2 is 1.80 bits per heavy atom. The molecule has 2 aromatic rings. The summed E-state index contributed by atoms with van der Waals surface area (Å²) in [6, 6.07) is 13.6. The Morgan fingerprint density at radius 1 is 1.11 bits per heavy atom. The second-order valence-electron chi connectivity index (χ2n) is 9.15. The lowest BCUT2D eigenvalue weighted by Crippen LogP contribution is -2.52. The number of aryl methyl sites for hydroxylation is 1. The van der Waals surface area contributed by atoms with Crippen LogP contribution in [0.3, 0.4) is 0 Å². The number of nitrogens with one attached hydrogen (secondary N) is 1. The van der Waals surface area contributed by atoms with E-state index >= 15 is 0 Å². The lowest BCUT2D eigenvalue weighted by molar-refractivity contribution is -0.139. The van der Waals surface area contributed by atoms with Crippen LogP contribution in [0.5, 0.6) is 5.75 Å². The number of benzene rings is 2. The molecule has 1 atom stereocenters. The number of sulfonamides is 1. The van der Waals surface area contributed by atoms with Gasteiger partial charge in [-0.15, -0.1) is 0 Å². The van der Waals surface area contributed by atoms with Crippen LogP contribution in [0.1, 0.15) is 43.7 Å². The van der Waals surface area contributed by atoms with Gasteiger partial charge in [0.15, 0.2) is 0 Å². The summed E-state index contributed by atoms with van der Waals surface area (Å²) in [6.45, 7) is 3.41. The number of rotatable bonds is 10. The number of hydrogen-bond donors (Lipinski definition) is 1. The average Bonchev–Trinajstić information content (AvgIpc) is 3.32. The van der Waals surface area contributed by atoms with Gasteiger partial charge in [-0.1, -0.05) is 48.7 Å². The molecule has 0 heterocycles. The topological polar surface area (TPSA) is 96.0 Å². The fourth-order valence-corrected chi connectivity index (χ4v) is 5.20. The normalized spacial score (nSPS) is 14.9. The molecule has 0 aliphatic heterocycles. The van der Waals surface area contributed by atoms with E-state index in [1.165, 1.54) is 12.0 Å². The number of ether oxygens (including phenoxy) is 1. The third-order valence-corrected chi connectivity index (χ3v) is 7.47. The van der Waals surface area contributed by atoms with Crippen LogP contribution in [-0.4, -0.2) is 57.1 Å². The summed E-state index contributed by atoms with van der Waals surface area (Å²) in [4.78, 5) is 28.1. The van der Waals surface area contributed by atoms with Crippen molar-refractivity contribution < 1.29 is 22.7 Å². The first kappa shape index (κ1) is 26.5. The van der Waals surface area contributed by atoms with Crippen LogP contribution in [0.25, 0.3) is 0 Å². The molecule has 2 amide bonds. The maximum absolute atomic E-state index is 13.6. The molecule has 0 aromatic heterocycles. The van der Waals surface area contributed by atoms with E-state index in [2.05, 4.69) is 5.32 Å². The summed E-state index contributed by atoms with van der Waals surface area (Å²) < 4.78 is 31.6. The Labute approximate surface area is 208 Å². The van der Waals surface area contributed by atoms with Crippen LogP contribution in [0, 0.1) is 6.92 Å². The Morgan fingerprint density at radius 3 is 2.43 bits per heavy atom. The number of carbonyl (C=O) groups excluding carboxylic acids is 2. The van der Waals surface area contributed by atoms with Gasteiger partial charge in [0.1, 0.15) is 18.3 Å². The van der Waals surface area contributed by atoms with Gasteiger partial charge in [0, 0.05) is 18.7 Å². The number of carbonyl (C=O) groups is 2. The van der Waals surface area contributed by atoms with E-state index in [1.807, 2.05) is 31.2 Å². The minimum Gasteiger partial charge on any atom is -0.497 e. The van der Waals surface area contributed by atoms with E-state index in [1.54, 1.807) is 31.2 Å². The fraction of sp³-hybridized carbons (Fsp3) is 0.462. The smallest absolute Gasteiger partial charge is 0.244 e. The number of hydrogen-bond acceptors (Lipinski definition) is 5. The first-order valence-corrected chi connectivity index (χ1v) is 13.7. The zero-order valence-electron chi connectivity index (χ0n) is 20.9. The first-order chi connectivity index (χ1) is 16.6. The number of methoxy groups -OCH3 is 1. The molecule has 1 aliphatic rings. The molecule has 190 valence electrons. The van der Waals surface area contributed by atoms with Crippen molar-refractivity contribution in [3.63, 3.8) is 0 Å². The molecular weight excluding hydrogens is 466 g/mol. The molecule has 8 nitrogen and oxygen atoms in total. The van der Waals surface area contributed by atoms with Gasteiger partial charge in [0.2, 0.25) is 21.8 Å². The van der Waals surface area contributed by atoms with Crippen molar-refractivity contribution in [2.24, 2.45) is 0 Å². The second-order valence-corrected chi connectivity index (χ2v) is 11.1. The molecule has 1 N–H and O–H groups in total. The molecule has 1 aliphatic carbocycles. The Kier molecular flexibility index (Phi) is 8.77. The van der Waals surface area contributed by atoms with Crippen molar-refractivity contribution in [3.05, 3.63) is 59.7 Å². The van der Waals surface area contributed by atoms with Crippen molar-refractivity contribution in [2.45, 2.75) is 58.2 Å². The van der Waals surface area contributed by atoms with Gasteiger partial charge in [-0.2, -0.15) is 0 Å². The Balaban J connectivity index is 1.89. The highest BCUT2D eigenvalue weighted by atomic mass is 32.2. The first-order valence-electron chi connectivity index (χ1n) is 11.9. The van der Waals surface area contributed by atoms with E-state index < -0.39 is 28.5 Å². The predicted molar refractivity (Wildman–Crippen MR) is 137 cm³/mol. The summed E-state index contributed by atoms with van der Waals surface area (Å²) in [7, 11) is -2.30. The SMILES string of the molecule is COc1cccc(N(CC(=O)N(Cc2cccc(C)c2)[C@@H](C)C(=O)NC2CCCC2)S(C)(=O)=O)c1. The summed E-state index contributed by atoms with van der Waals surface area (Å²) in [6.07, 6.45) is 5.08. The molecule has 0 unspecified atom stereocenters. The van der Waals surface area contributed by atoms with Crippen molar-refractivity contribution in [1.82, 2.24) is 10.2 Å². The van der Waals surface area contributed by atoms with Gasteiger partial charge >= 0.3 is 0 Å². The summed E-state index contributed by atoms with van der Waals surface area (Å²) in [5.74, 6) is -0.219. The number of nitrogens with zero attached hydrogens (tertiary/aromatic N) is 2. The van der Waals surface area contributed by atoms with Crippen LogP contribution < -0.4 is 14.4 Å². The van der Waals surface area contributed by atoms with E-state index in [0.717, 1.165) is 47.4 Å². The fourth-order valence-electron chi connectivity index (χ4n) is 4.36. The van der Waals surface area contributed by atoms with Gasteiger partial charge < -0.3 is 15.0 Å². The number of amides is 2. The molecule has 35 heavy (non-hydrogen) atoms. The number of anilines is 1. The zero-order valence-corrected chi connectivity index (χ0v) is 21.7. The summed E-state index contributed by atoms with van der Waals surface area (Å²) in [5, 5.41) is 3.06. The zero-order chi connectivity index (χ0) is 25.6. The van der Waals surface area contributed by atoms with Crippen molar-refractivity contribution in [1.29, 1.82) is 0 Å². The summed E-state index contributed by atoms with van der Waals surface area (Å²) >= 11 is 0. The predicted octanol–water partition coefficient (Wildman–Crippen LogP) is 3.25. The minimum atomic E-state index is -3.79. The third kappa shape index (κ3) is 7.21. The molecule has 1 saturated carbocycles. The third-order valence-electron chi connectivity index (χ3n) is 6.32. The largest absolute Gasteiger partial charge is 0.497 e. The lowest BCUT2D eigenvalue weighted by atomic mass is 10.1. The highest BCUT2D eigenvalue weighted by Gasteiger charge is 2.31. The molecule has 0 saturated heterocycles. The highest BCUT2D eigenvalue weighted by Crippen LogP contribution is 2.24. The van der Waals surface area contributed by atoms with Gasteiger partial charge in [0.25, 0.3) is 0 Å². The van der Waals surface area contributed by atoms with E-state index in [4.69, 9.17) is 4.74 Å². The Bertz CT molecular complexity index is 1150. The van der Waals surface area contributed by atoms with Crippen molar-refractivity contribution >= 4 is 27.5 Å². The van der Waals surface area contributed by atoms with Crippen molar-refractivity contribution in [3.8, 4) is 5.75 Å². The molecule has 9 heteroatoms. The van der Waals surface area contributed by atoms with Gasteiger partial charge in [0.05, 0.1) is 19.1 Å². The molecule has 0 spiro atoms. The highest BCUT2D eigenvalue weighted by molar-refractivity contribution is 7.92. The maximum Gasteiger partial charge on any atom is 0.244 e. The molecule has 2 aromatic carbocycles. The second kappa shape index (κ2) is 11.6. The Hall–Kier alpha value is -3.07. The van der Waals surface area contributed by atoms with Crippen LogP contribution >= 0.6 is 0 Å². The molecule has 0 radical (unpaired) electrons. The average molecular weight is 502 g/mol. The van der Waals surface area contributed by atoms with Gasteiger partial charge in [-0.3, -0.25) is 13.9 Å². The molecule has 3 rings (SSSR count).